The fourth-order valence-electron chi connectivity index (χ4n) is 3.44. The topological polar surface area (TPSA) is 69.5 Å². The second-order valence-electron chi connectivity index (χ2n) is 7.10. The molecule has 26 heavy (non-hydrogen) atoms. The second-order valence-corrected chi connectivity index (χ2v) is 8.27. The minimum Gasteiger partial charge on any atom is -0.396 e. The molecule has 0 radical (unpaired) electrons. The first kappa shape index (κ1) is 21.2. The Kier molecular flexibility index (Phi) is 10.00. The van der Waals surface area contributed by atoms with E-state index in [9.17, 15) is 5.11 Å². The highest BCUT2D eigenvalue weighted by Crippen LogP contribution is 2.27. The summed E-state index contributed by atoms with van der Waals surface area (Å²) < 4.78 is 0. The average molecular weight is 381 g/mol. The molecule has 1 unspecified atom stereocenters. The fraction of sp³-hybridized carbons (Fsp3) is 0.800. The molecule has 0 aliphatic heterocycles. The number of aliphatic hydroxyl groups excluding tert-OH is 1. The van der Waals surface area contributed by atoms with Crippen molar-refractivity contribution in [3.05, 3.63) is 15.6 Å². The number of fused-ring (bicyclic) bond motifs is 1. The molecule has 0 spiro atoms. The molecule has 0 saturated heterocycles. The zero-order valence-electron chi connectivity index (χ0n) is 16.5. The lowest BCUT2D eigenvalue weighted by molar-refractivity contribution is 0.253. The van der Waals surface area contributed by atoms with Crippen molar-refractivity contribution in [1.29, 1.82) is 0 Å². The van der Waals surface area contributed by atoms with Crippen molar-refractivity contribution in [3.63, 3.8) is 0 Å². The summed E-state index contributed by atoms with van der Waals surface area (Å²) in [6.45, 7) is 7.09. The summed E-state index contributed by atoms with van der Waals surface area (Å²) in [5, 5.41) is 17.3. The Bertz CT molecular complexity index is 514. The summed E-state index contributed by atoms with van der Waals surface area (Å²) in [6, 6.07) is 0. The van der Waals surface area contributed by atoms with Crippen LogP contribution in [0.1, 0.15) is 68.0 Å². The minimum absolute atomic E-state index is 0.252. The number of hydrogen-bond acceptors (Lipinski definition) is 4. The Morgan fingerprint density at radius 3 is 2.81 bits per heavy atom. The molecular formula is C20H36N4OS. The number of aryl methyl sites for hydroxylation is 3. The molecule has 0 amide bonds. The lowest BCUT2D eigenvalue weighted by atomic mass is 10.0. The molecule has 1 aromatic heterocycles. The maximum atomic E-state index is 9.19. The van der Waals surface area contributed by atoms with Crippen LogP contribution < -0.4 is 10.6 Å². The van der Waals surface area contributed by atoms with Gasteiger partial charge in [0.05, 0.1) is 10.7 Å². The molecule has 3 N–H and O–H groups in total. The number of hydrogen-bond donors (Lipinski definition) is 3. The molecule has 1 aliphatic carbocycles. The molecule has 6 heteroatoms. The summed E-state index contributed by atoms with van der Waals surface area (Å²) in [7, 11) is 0. The number of guanidine groups is 1. The van der Waals surface area contributed by atoms with Crippen molar-refractivity contribution in [1.82, 2.24) is 15.6 Å². The summed E-state index contributed by atoms with van der Waals surface area (Å²) in [5.74, 6) is 1.37. The van der Waals surface area contributed by atoms with Crippen LogP contribution in [-0.4, -0.2) is 42.3 Å². The van der Waals surface area contributed by atoms with Crippen molar-refractivity contribution in [2.45, 2.75) is 71.6 Å². The third kappa shape index (κ3) is 7.23. The molecule has 0 saturated carbocycles. The number of nitrogens with one attached hydrogen (secondary N) is 2. The molecule has 1 heterocycles. The molecule has 0 bridgehead atoms. The third-order valence-electron chi connectivity index (χ3n) is 4.84. The van der Waals surface area contributed by atoms with Crippen LogP contribution in [0.3, 0.4) is 0 Å². The van der Waals surface area contributed by atoms with Crippen molar-refractivity contribution >= 4 is 17.3 Å². The van der Waals surface area contributed by atoms with Crippen LogP contribution in [0.2, 0.25) is 0 Å². The largest absolute Gasteiger partial charge is 0.396 e. The Morgan fingerprint density at radius 2 is 2.08 bits per heavy atom. The SMILES string of the molecule is CCCC(CCO)CN=C(NCC)NCCCc1nc2c(s1)CCCC2. The first-order chi connectivity index (χ1) is 12.8. The summed E-state index contributed by atoms with van der Waals surface area (Å²) in [4.78, 5) is 11.1. The van der Waals surface area contributed by atoms with Gasteiger partial charge in [0, 0.05) is 37.5 Å². The summed E-state index contributed by atoms with van der Waals surface area (Å²) >= 11 is 1.92. The summed E-state index contributed by atoms with van der Waals surface area (Å²) in [6.07, 6.45) is 10.3. The maximum absolute atomic E-state index is 9.19. The lowest BCUT2D eigenvalue weighted by Crippen LogP contribution is -2.38. The van der Waals surface area contributed by atoms with E-state index in [-0.39, 0.29) is 6.61 Å². The first-order valence-corrected chi connectivity index (χ1v) is 11.2. The number of thiazole rings is 1. The molecule has 2 rings (SSSR count). The Labute approximate surface area is 162 Å². The highest BCUT2D eigenvalue weighted by atomic mass is 32.1. The van der Waals surface area contributed by atoms with E-state index >= 15 is 0 Å². The Balaban J connectivity index is 1.74. The van der Waals surface area contributed by atoms with Crippen LogP contribution >= 0.6 is 11.3 Å². The van der Waals surface area contributed by atoms with Gasteiger partial charge < -0.3 is 15.7 Å². The molecule has 1 aliphatic rings. The van der Waals surface area contributed by atoms with Gasteiger partial charge >= 0.3 is 0 Å². The van der Waals surface area contributed by atoms with Crippen molar-refractivity contribution < 1.29 is 5.11 Å². The zero-order valence-corrected chi connectivity index (χ0v) is 17.3. The van der Waals surface area contributed by atoms with Crippen LogP contribution in [0.15, 0.2) is 4.99 Å². The fourth-order valence-corrected chi connectivity index (χ4v) is 4.64. The van der Waals surface area contributed by atoms with Crippen LogP contribution in [0, 0.1) is 5.92 Å². The number of aliphatic hydroxyl groups is 1. The lowest BCUT2D eigenvalue weighted by Gasteiger charge is -2.15. The number of aliphatic imine (C=N–C) groups is 1. The molecule has 1 aromatic rings. The monoisotopic (exact) mass is 380 g/mol. The van der Waals surface area contributed by atoms with Crippen LogP contribution in [0.25, 0.3) is 0 Å². The van der Waals surface area contributed by atoms with E-state index in [1.54, 1.807) is 0 Å². The van der Waals surface area contributed by atoms with Gasteiger partial charge in [-0.15, -0.1) is 11.3 Å². The van der Waals surface area contributed by atoms with Crippen LogP contribution in [-0.2, 0) is 19.3 Å². The van der Waals surface area contributed by atoms with Gasteiger partial charge in [0.15, 0.2) is 5.96 Å². The predicted molar refractivity (Wildman–Crippen MR) is 111 cm³/mol. The normalized spacial score (nSPS) is 15.6. The van der Waals surface area contributed by atoms with Gasteiger partial charge in [0.2, 0.25) is 0 Å². The first-order valence-electron chi connectivity index (χ1n) is 10.4. The van der Waals surface area contributed by atoms with Gasteiger partial charge in [-0.2, -0.15) is 0 Å². The standard InChI is InChI=1S/C20H36N4OS/c1-3-8-16(12-14-25)15-23-20(21-4-2)22-13-7-11-19-24-17-9-5-6-10-18(17)26-19/h16,25H,3-15H2,1-2H3,(H2,21,22,23). The van der Waals surface area contributed by atoms with Crippen molar-refractivity contribution in [3.8, 4) is 0 Å². The van der Waals surface area contributed by atoms with E-state index in [2.05, 4.69) is 24.5 Å². The highest BCUT2D eigenvalue weighted by molar-refractivity contribution is 7.11. The highest BCUT2D eigenvalue weighted by Gasteiger charge is 2.14. The molecule has 1 atom stereocenters. The second kappa shape index (κ2) is 12.3. The number of rotatable bonds is 11. The smallest absolute Gasteiger partial charge is 0.191 e. The van der Waals surface area contributed by atoms with E-state index in [1.807, 2.05) is 11.3 Å². The van der Waals surface area contributed by atoms with Crippen LogP contribution in [0.5, 0.6) is 0 Å². The quantitative estimate of drug-likeness (QED) is 0.313. The van der Waals surface area contributed by atoms with Gasteiger partial charge in [-0.05, 0) is 57.8 Å². The van der Waals surface area contributed by atoms with Crippen molar-refractivity contribution in [2.24, 2.45) is 10.9 Å². The molecule has 5 nitrogen and oxygen atoms in total. The van der Waals surface area contributed by atoms with Crippen molar-refractivity contribution in [2.75, 3.05) is 26.2 Å². The Hall–Kier alpha value is -1.14. The molecule has 0 aromatic carbocycles. The van der Waals surface area contributed by atoms with E-state index in [0.717, 1.165) is 57.7 Å². The minimum atomic E-state index is 0.252. The molecule has 148 valence electrons. The van der Waals surface area contributed by atoms with E-state index in [1.165, 1.54) is 41.3 Å². The zero-order chi connectivity index (χ0) is 18.6. The predicted octanol–water partition coefficient (Wildman–Crippen LogP) is 3.31. The molecular weight excluding hydrogens is 344 g/mol. The van der Waals surface area contributed by atoms with E-state index in [4.69, 9.17) is 9.98 Å². The van der Waals surface area contributed by atoms with Gasteiger partial charge in [-0.25, -0.2) is 4.98 Å². The van der Waals surface area contributed by atoms with Crippen LogP contribution in [0.4, 0.5) is 0 Å². The third-order valence-corrected chi connectivity index (χ3v) is 6.05. The number of aromatic nitrogens is 1. The summed E-state index contributed by atoms with van der Waals surface area (Å²) in [5.41, 5.74) is 1.37. The van der Waals surface area contributed by atoms with E-state index < -0.39 is 0 Å². The van der Waals surface area contributed by atoms with Gasteiger partial charge in [0.25, 0.3) is 0 Å². The van der Waals surface area contributed by atoms with Gasteiger partial charge in [0.1, 0.15) is 0 Å². The maximum Gasteiger partial charge on any atom is 0.191 e. The molecule has 0 fully saturated rings. The average Bonchev–Trinajstić information content (AvgIpc) is 3.06. The van der Waals surface area contributed by atoms with Gasteiger partial charge in [-0.1, -0.05) is 13.3 Å². The van der Waals surface area contributed by atoms with Gasteiger partial charge in [-0.3, -0.25) is 4.99 Å². The number of nitrogens with zero attached hydrogens (tertiary/aromatic N) is 2. The van der Waals surface area contributed by atoms with E-state index in [0.29, 0.717) is 5.92 Å². The Morgan fingerprint density at radius 1 is 1.23 bits per heavy atom.